The Morgan fingerprint density at radius 2 is 1.49 bits per heavy atom. The van der Waals surface area contributed by atoms with Crippen molar-refractivity contribution in [3.8, 4) is 5.75 Å². The summed E-state index contributed by atoms with van der Waals surface area (Å²) in [4.78, 5) is 14.5. The van der Waals surface area contributed by atoms with Gasteiger partial charge in [0.2, 0.25) is 0 Å². The summed E-state index contributed by atoms with van der Waals surface area (Å²) >= 11 is 0. The van der Waals surface area contributed by atoms with Gasteiger partial charge in [0.15, 0.2) is 0 Å². The molecule has 0 amide bonds. The van der Waals surface area contributed by atoms with E-state index in [4.69, 9.17) is 0 Å². The summed E-state index contributed by atoms with van der Waals surface area (Å²) in [5, 5.41) is 30.4. The molecule has 0 bridgehead atoms. The van der Waals surface area contributed by atoms with Gasteiger partial charge < -0.3 is 20.2 Å². The van der Waals surface area contributed by atoms with Crippen LogP contribution < -0.4 is 0 Å². The van der Waals surface area contributed by atoms with E-state index in [1.54, 1.807) is 19.1 Å². The van der Waals surface area contributed by atoms with Crippen molar-refractivity contribution in [2.75, 3.05) is 19.6 Å². The van der Waals surface area contributed by atoms with E-state index in [-0.39, 0.29) is 6.42 Å². The second kappa shape index (κ2) is 12.4. The molecule has 3 aromatic carbocycles. The van der Waals surface area contributed by atoms with Crippen molar-refractivity contribution >= 4 is 5.97 Å². The van der Waals surface area contributed by atoms with E-state index in [1.165, 1.54) is 11.1 Å². The molecule has 3 N–H and O–H groups in total. The Balaban J connectivity index is 1.29. The number of phenolic OH excluding ortho intramolecular Hbond substituents is 1. The molecule has 1 saturated heterocycles. The van der Waals surface area contributed by atoms with Gasteiger partial charge >= 0.3 is 5.97 Å². The normalized spacial score (nSPS) is 18.1. The molecule has 5 heteroatoms. The van der Waals surface area contributed by atoms with Crippen molar-refractivity contribution in [2.45, 2.75) is 56.5 Å². The van der Waals surface area contributed by atoms with Crippen LogP contribution >= 0.6 is 0 Å². The molecule has 0 aromatic heterocycles. The lowest BCUT2D eigenvalue weighted by atomic mass is 9.76. The molecule has 3 unspecified atom stereocenters. The second-order valence-electron chi connectivity index (χ2n) is 10.7. The maximum absolute atomic E-state index is 12.1. The van der Waals surface area contributed by atoms with Crippen LogP contribution in [0.1, 0.15) is 61.6 Å². The molecule has 1 heterocycles. The number of phenols is 1. The monoisotopic (exact) mass is 501 g/mol. The smallest absolute Gasteiger partial charge is 0.313 e. The van der Waals surface area contributed by atoms with E-state index < -0.39 is 17.5 Å². The number of rotatable bonds is 11. The topological polar surface area (TPSA) is 81.0 Å². The number of benzene rings is 3. The van der Waals surface area contributed by atoms with Gasteiger partial charge in [-0.05, 0) is 93.4 Å². The predicted molar refractivity (Wildman–Crippen MR) is 147 cm³/mol. The highest BCUT2D eigenvalue weighted by Gasteiger charge is 2.37. The quantitative estimate of drug-likeness (QED) is 0.309. The minimum atomic E-state index is -1.10. The van der Waals surface area contributed by atoms with Gasteiger partial charge in [-0.1, -0.05) is 72.8 Å². The van der Waals surface area contributed by atoms with Crippen molar-refractivity contribution < 1.29 is 20.1 Å². The number of carboxylic acids is 1. The van der Waals surface area contributed by atoms with Gasteiger partial charge in [-0.2, -0.15) is 0 Å². The van der Waals surface area contributed by atoms with Gasteiger partial charge in [0.25, 0.3) is 0 Å². The molecule has 0 saturated carbocycles. The van der Waals surface area contributed by atoms with Crippen LogP contribution in [0.3, 0.4) is 0 Å². The highest BCUT2D eigenvalue weighted by atomic mass is 16.4. The molecule has 3 atom stereocenters. The van der Waals surface area contributed by atoms with Gasteiger partial charge in [0.1, 0.15) is 5.75 Å². The van der Waals surface area contributed by atoms with E-state index >= 15 is 0 Å². The van der Waals surface area contributed by atoms with Crippen LogP contribution in [0.25, 0.3) is 0 Å². The Morgan fingerprint density at radius 3 is 2.08 bits per heavy atom. The third kappa shape index (κ3) is 6.79. The number of aliphatic carboxylic acids is 1. The van der Waals surface area contributed by atoms with E-state index in [0.29, 0.717) is 24.0 Å². The molecular weight excluding hydrogens is 462 g/mol. The Hall–Kier alpha value is -3.15. The molecular formula is C32H39NO4. The number of aliphatic hydroxyl groups excluding tert-OH is 1. The van der Waals surface area contributed by atoms with Crippen molar-refractivity contribution in [3.63, 3.8) is 0 Å². The number of hydrogen-bond acceptors (Lipinski definition) is 4. The van der Waals surface area contributed by atoms with Gasteiger partial charge in [-0.3, -0.25) is 4.79 Å². The Morgan fingerprint density at radius 1 is 0.919 bits per heavy atom. The Labute approximate surface area is 220 Å². The lowest BCUT2D eigenvalue weighted by molar-refractivity contribution is -0.144. The molecule has 1 aliphatic heterocycles. The summed E-state index contributed by atoms with van der Waals surface area (Å²) in [6.07, 6.45) is 3.17. The van der Waals surface area contributed by atoms with Gasteiger partial charge in [0, 0.05) is 5.92 Å². The fourth-order valence-electron chi connectivity index (χ4n) is 5.85. The van der Waals surface area contributed by atoms with E-state index in [0.717, 1.165) is 44.5 Å². The zero-order valence-corrected chi connectivity index (χ0v) is 21.7. The maximum Gasteiger partial charge on any atom is 0.313 e. The zero-order chi connectivity index (χ0) is 26.3. The highest BCUT2D eigenvalue weighted by molar-refractivity contribution is 5.80. The van der Waals surface area contributed by atoms with Crippen molar-refractivity contribution in [1.82, 2.24) is 4.90 Å². The van der Waals surface area contributed by atoms with Crippen molar-refractivity contribution in [2.24, 2.45) is 5.92 Å². The van der Waals surface area contributed by atoms with Crippen LogP contribution in [0.5, 0.6) is 5.75 Å². The molecule has 4 rings (SSSR count). The Bertz CT molecular complexity index is 1110. The summed E-state index contributed by atoms with van der Waals surface area (Å²) in [6, 6.07) is 27.5. The summed E-state index contributed by atoms with van der Waals surface area (Å²) in [5.41, 5.74) is 2.19. The fourth-order valence-corrected chi connectivity index (χ4v) is 5.85. The third-order valence-electron chi connectivity index (χ3n) is 8.05. The maximum atomic E-state index is 12.1. The SMILES string of the molecule is CC(CC(O)CCCN1CCC(C(c2ccccc2)c2ccc(O)cc2)CC1)(C(=O)O)c1ccccc1. The minimum Gasteiger partial charge on any atom is -0.508 e. The van der Waals surface area contributed by atoms with E-state index in [1.807, 2.05) is 48.5 Å². The summed E-state index contributed by atoms with van der Waals surface area (Å²) in [6.45, 7) is 4.64. The Kier molecular flexibility index (Phi) is 9.01. The standard InChI is InChI=1S/C32H39NO4/c1-32(31(36)37,27-11-6-3-7-12-27)23-29(35)13-8-20-33-21-18-26(19-22-33)30(24-9-4-2-5-10-24)25-14-16-28(34)17-15-25/h2-7,9-12,14-17,26,29-30,34-35H,8,13,18-23H2,1H3,(H,36,37). The van der Waals surface area contributed by atoms with Crippen molar-refractivity contribution in [3.05, 3.63) is 102 Å². The number of aromatic hydroxyl groups is 1. The van der Waals surface area contributed by atoms with E-state index in [9.17, 15) is 20.1 Å². The molecule has 0 radical (unpaired) electrons. The number of piperidine rings is 1. The molecule has 196 valence electrons. The molecule has 1 fully saturated rings. The molecule has 37 heavy (non-hydrogen) atoms. The van der Waals surface area contributed by atoms with Crippen LogP contribution in [-0.4, -0.2) is 51.9 Å². The molecule has 0 spiro atoms. The van der Waals surface area contributed by atoms with Crippen LogP contribution in [0.2, 0.25) is 0 Å². The second-order valence-corrected chi connectivity index (χ2v) is 10.7. The van der Waals surface area contributed by atoms with Crippen LogP contribution in [0, 0.1) is 5.92 Å². The first-order valence-corrected chi connectivity index (χ1v) is 13.4. The molecule has 5 nitrogen and oxygen atoms in total. The molecule has 3 aromatic rings. The van der Waals surface area contributed by atoms with Crippen LogP contribution in [0.15, 0.2) is 84.9 Å². The van der Waals surface area contributed by atoms with Gasteiger partial charge in [-0.25, -0.2) is 0 Å². The summed E-state index contributed by atoms with van der Waals surface area (Å²) < 4.78 is 0. The first kappa shape index (κ1) is 26.9. The first-order chi connectivity index (χ1) is 17.9. The average Bonchev–Trinajstić information content (AvgIpc) is 2.92. The number of aliphatic hydroxyl groups is 1. The van der Waals surface area contributed by atoms with Crippen LogP contribution in [-0.2, 0) is 10.2 Å². The summed E-state index contributed by atoms with van der Waals surface area (Å²) in [5.74, 6) is 0.217. The fraction of sp³-hybridized carbons (Fsp3) is 0.406. The number of carboxylic acid groups (broad SMARTS) is 1. The number of carbonyl (C=O) groups is 1. The number of hydrogen-bond donors (Lipinski definition) is 3. The zero-order valence-electron chi connectivity index (χ0n) is 21.7. The third-order valence-corrected chi connectivity index (χ3v) is 8.05. The lowest BCUT2D eigenvalue weighted by Crippen LogP contribution is -2.38. The highest BCUT2D eigenvalue weighted by Crippen LogP contribution is 2.38. The molecule has 0 aliphatic carbocycles. The van der Waals surface area contributed by atoms with E-state index in [2.05, 4.69) is 29.2 Å². The summed E-state index contributed by atoms with van der Waals surface area (Å²) in [7, 11) is 0. The lowest BCUT2D eigenvalue weighted by Gasteiger charge is -2.37. The average molecular weight is 502 g/mol. The largest absolute Gasteiger partial charge is 0.508 e. The van der Waals surface area contributed by atoms with Crippen molar-refractivity contribution in [1.29, 1.82) is 0 Å². The number of nitrogens with zero attached hydrogens (tertiary/aromatic N) is 1. The van der Waals surface area contributed by atoms with Gasteiger partial charge in [0.05, 0.1) is 11.5 Å². The number of likely N-dealkylation sites (tertiary alicyclic amines) is 1. The first-order valence-electron chi connectivity index (χ1n) is 13.4. The van der Waals surface area contributed by atoms with Crippen LogP contribution in [0.4, 0.5) is 0 Å². The van der Waals surface area contributed by atoms with Gasteiger partial charge in [-0.15, -0.1) is 0 Å². The molecule has 1 aliphatic rings. The minimum absolute atomic E-state index is 0.208. The predicted octanol–water partition coefficient (Wildman–Crippen LogP) is 5.81.